The van der Waals surface area contributed by atoms with Crippen LogP contribution in [-0.2, 0) is 4.79 Å². The van der Waals surface area contributed by atoms with Crippen molar-refractivity contribution in [1.29, 1.82) is 0 Å². The van der Waals surface area contributed by atoms with Gasteiger partial charge in [-0.2, -0.15) is 0 Å². The lowest BCUT2D eigenvalue weighted by molar-refractivity contribution is -0.115. The first-order valence-corrected chi connectivity index (χ1v) is 8.00. The van der Waals surface area contributed by atoms with Crippen molar-refractivity contribution in [2.75, 3.05) is 10.7 Å². The molecule has 2 aromatic rings. The second kappa shape index (κ2) is 5.87. The molecule has 21 heavy (non-hydrogen) atoms. The molecule has 1 atom stereocenters. The minimum Gasteiger partial charge on any atom is -0.295 e. The Bertz CT molecular complexity index is 672. The van der Waals surface area contributed by atoms with Crippen LogP contribution in [0.5, 0.6) is 0 Å². The molecule has 0 spiro atoms. The maximum Gasteiger partial charge on any atom is 0.238 e. The summed E-state index contributed by atoms with van der Waals surface area (Å²) >= 11 is 13.5. The van der Waals surface area contributed by atoms with Crippen LogP contribution in [-0.4, -0.2) is 11.7 Å². The van der Waals surface area contributed by atoms with Crippen LogP contribution in [0.1, 0.15) is 10.9 Å². The zero-order chi connectivity index (χ0) is 15.0. The average Bonchev–Trinajstić information content (AvgIpc) is 2.80. The molecule has 6 heteroatoms. The highest BCUT2D eigenvalue weighted by atomic mass is 35.5. The second-order valence-corrected chi connectivity index (χ2v) is 6.55. The van der Waals surface area contributed by atoms with E-state index in [1.165, 1.54) is 23.9 Å². The molecule has 2 aromatic carbocycles. The van der Waals surface area contributed by atoms with E-state index in [0.29, 0.717) is 21.5 Å². The topological polar surface area (TPSA) is 20.3 Å². The van der Waals surface area contributed by atoms with Gasteiger partial charge in [-0.25, -0.2) is 4.39 Å². The van der Waals surface area contributed by atoms with Gasteiger partial charge < -0.3 is 0 Å². The second-order valence-electron chi connectivity index (χ2n) is 4.61. The lowest BCUT2D eigenvalue weighted by Crippen LogP contribution is -2.27. The van der Waals surface area contributed by atoms with Crippen molar-refractivity contribution >= 4 is 46.6 Å². The van der Waals surface area contributed by atoms with Crippen molar-refractivity contribution in [1.82, 2.24) is 0 Å². The zero-order valence-corrected chi connectivity index (χ0v) is 13.1. The smallest absolute Gasteiger partial charge is 0.238 e. The van der Waals surface area contributed by atoms with Gasteiger partial charge in [-0.05, 0) is 35.9 Å². The summed E-state index contributed by atoms with van der Waals surface area (Å²) in [5, 5.41) is 0.743. The molecule has 1 aliphatic rings. The Morgan fingerprint density at radius 1 is 1.10 bits per heavy atom. The Morgan fingerprint density at radius 2 is 1.71 bits per heavy atom. The fourth-order valence-electron chi connectivity index (χ4n) is 2.26. The van der Waals surface area contributed by atoms with Crippen LogP contribution in [0.2, 0.25) is 10.0 Å². The van der Waals surface area contributed by atoms with E-state index < -0.39 is 0 Å². The van der Waals surface area contributed by atoms with Crippen molar-refractivity contribution in [3.05, 3.63) is 63.9 Å². The lowest BCUT2D eigenvalue weighted by Gasteiger charge is -2.24. The Balaban J connectivity index is 2.01. The molecule has 0 aliphatic carbocycles. The van der Waals surface area contributed by atoms with Gasteiger partial charge in [-0.3, -0.25) is 9.69 Å². The van der Waals surface area contributed by atoms with E-state index in [4.69, 9.17) is 23.2 Å². The predicted molar refractivity (Wildman–Crippen MR) is 85.5 cm³/mol. The zero-order valence-electron chi connectivity index (χ0n) is 10.7. The SMILES string of the molecule is O=C1CS[C@H](c2ccc(F)cc2)N1c1cc(Cl)cc(Cl)c1. The molecule has 0 radical (unpaired) electrons. The van der Waals surface area contributed by atoms with Gasteiger partial charge in [-0.15, -0.1) is 11.8 Å². The number of carbonyl (C=O) groups is 1. The van der Waals surface area contributed by atoms with Crippen LogP contribution in [0.4, 0.5) is 10.1 Å². The van der Waals surface area contributed by atoms with Crippen molar-refractivity contribution in [3.8, 4) is 0 Å². The van der Waals surface area contributed by atoms with Gasteiger partial charge in [0, 0.05) is 15.7 Å². The first-order chi connectivity index (χ1) is 10.0. The normalized spacial score (nSPS) is 18.3. The fourth-order valence-corrected chi connectivity index (χ4v) is 3.95. The summed E-state index contributed by atoms with van der Waals surface area (Å²) in [4.78, 5) is 13.8. The van der Waals surface area contributed by atoms with E-state index in [1.807, 2.05) is 0 Å². The van der Waals surface area contributed by atoms with Crippen LogP contribution in [0.25, 0.3) is 0 Å². The molecule has 3 rings (SSSR count). The van der Waals surface area contributed by atoms with Gasteiger partial charge in [0.2, 0.25) is 5.91 Å². The number of hydrogen-bond acceptors (Lipinski definition) is 2. The van der Waals surface area contributed by atoms with Crippen LogP contribution < -0.4 is 4.90 Å². The van der Waals surface area contributed by atoms with Gasteiger partial charge in [0.1, 0.15) is 11.2 Å². The van der Waals surface area contributed by atoms with Gasteiger partial charge in [0.25, 0.3) is 0 Å². The molecular weight excluding hydrogens is 332 g/mol. The summed E-state index contributed by atoms with van der Waals surface area (Å²) in [6, 6.07) is 11.2. The summed E-state index contributed by atoms with van der Waals surface area (Å²) in [5.74, 6) is 0.0460. The summed E-state index contributed by atoms with van der Waals surface area (Å²) in [5.41, 5.74) is 1.51. The number of thioether (sulfide) groups is 1. The molecule has 1 heterocycles. The van der Waals surface area contributed by atoms with Crippen molar-refractivity contribution in [3.63, 3.8) is 0 Å². The highest BCUT2D eigenvalue weighted by Crippen LogP contribution is 2.42. The minimum absolute atomic E-state index is 0.0207. The van der Waals surface area contributed by atoms with Crippen LogP contribution in [0.15, 0.2) is 42.5 Å². The Morgan fingerprint density at radius 3 is 2.33 bits per heavy atom. The molecule has 1 aliphatic heterocycles. The third-order valence-corrected chi connectivity index (χ3v) is 4.80. The maximum atomic E-state index is 13.1. The third-order valence-electron chi connectivity index (χ3n) is 3.15. The van der Waals surface area contributed by atoms with Crippen molar-refractivity contribution in [2.45, 2.75) is 5.37 Å². The van der Waals surface area contributed by atoms with Gasteiger partial charge in [0.15, 0.2) is 0 Å². The Hall–Kier alpha value is -1.23. The number of anilines is 1. The monoisotopic (exact) mass is 341 g/mol. The van der Waals surface area contributed by atoms with Gasteiger partial charge in [-0.1, -0.05) is 35.3 Å². The van der Waals surface area contributed by atoms with Gasteiger partial charge in [0.05, 0.1) is 5.75 Å². The molecule has 0 saturated carbocycles. The lowest BCUT2D eigenvalue weighted by atomic mass is 10.2. The Labute approximate surface area is 135 Å². The molecule has 0 unspecified atom stereocenters. The first-order valence-electron chi connectivity index (χ1n) is 6.20. The van der Waals surface area contributed by atoms with Crippen LogP contribution in [0, 0.1) is 5.82 Å². The standard InChI is InChI=1S/C15H10Cl2FNOS/c16-10-5-11(17)7-13(6-10)19-14(20)8-21-15(19)9-1-3-12(18)4-2-9/h1-7,15H,8H2/t15-/m1/s1. The number of amides is 1. The molecule has 0 bridgehead atoms. The van der Waals surface area contributed by atoms with E-state index in [-0.39, 0.29) is 17.1 Å². The molecule has 1 fully saturated rings. The van der Waals surface area contributed by atoms with Crippen LogP contribution in [0.3, 0.4) is 0 Å². The first kappa shape index (κ1) is 14.7. The number of nitrogens with zero attached hydrogens (tertiary/aromatic N) is 1. The third kappa shape index (κ3) is 3.03. The van der Waals surface area contributed by atoms with E-state index >= 15 is 0 Å². The summed E-state index contributed by atoms with van der Waals surface area (Å²) < 4.78 is 13.1. The number of carbonyl (C=O) groups excluding carboxylic acids is 1. The number of hydrogen-bond donors (Lipinski definition) is 0. The molecule has 0 N–H and O–H groups in total. The predicted octanol–water partition coefficient (Wildman–Crippen LogP) is 4.91. The van der Waals surface area contributed by atoms with Crippen molar-refractivity contribution < 1.29 is 9.18 Å². The molecule has 1 amide bonds. The average molecular weight is 342 g/mol. The quantitative estimate of drug-likeness (QED) is 0.773. The van der Waals surface area contributed by atoms with E-state index in [1.54, 1.807) is 35.2 Å². The Kier molecular flexibility index (Phi) is 4.11. The molecule has 108 valence electrons. The molecule has 0 aromatic heterocycles. The van der Waals surface area contributed by atoms with Crippen molar-refractivity contribution in [2.24, 2.45) is 0 Å². The number of benzene rings is 2. The van der Waals surface area contributed by atoms with E-state index in [0.717, 1.165) is 5.56 Å². The van der Waals surface area contributed by atoms with Crippen LogP contribution >= 0.6 is 35.0 Å². The van der Waals surface area contributed by atoms with E-state index in [2.05, 4.69) is 0 Å². The maximum absolute atomic E-state index is 13.1. The molecule has 2 nitrogen and oxygen atoms in total. The molecular formula is C15H10Cl2FNOS. The van der Waals surface area contributed by atoms with Gasteiger partial charge >= 0.3 is 0 Å². The number of rotatable bonds is 2. The highest BCUT2D eigenvalue weighted by molar-refractivity contribution is 8.00. The number of halogens is 3. The summed E-state index contributed by atoms with van der Waals surface area (Å²) in [6.45, 7) is 0. The summed E-state index contributed by atoms with van der Waals surface area (Å²) in [6.07, 6.45) is 0. The highest BCUT2D eigenvalue weighted by Gasteiger charge is 2.34. The van der Waals surface area contributed by atoms with E-state index in [9.17, 15) is 9.18 Å². The minimum atomic E-state index is -0.301. The summed E-state index contributed by atoms with van der Waals surface area (Å²) in [7, 11) is 0. The largest absolute Gasteiger partial charge is 0.295 e. The molecule has 1 saturated heterocycles. The fraction of sp³-hybridized carbons (Fsp3) is 0.133.